The molecule has 0 aromatic heterocycles. The summed E-state index contributed by atoms with van der Waals surface area (Å²) in [5, 5.41) is 13.5. The third kappa shape index (κ3) is 4.14. The Labute approximate surface area is 121 Å². The molecule has 108 valence electrons. The fourth-order valence-corrected chi connectivity index (χ4v) is 1.88. The standard InChI is InChI=1S/C16H14FNO3/c17-13-8-6-11(7-9-13)10-14(16(20)21)18-15(19)12-4-2-1-3-5-12/h1-9,14H,10H2,(H,18,19)(H,20,21)/p-1/t14-/m0/s1. The van der Waals surface area contributed by atoms with Gasteiger partial charge in [-0.15, -0.1) is 0 Å². The molecule has 0 spiro atoms. The monoisotopic (exact) mass is 286 g/mol. The van der Waals surface area contributed by atoms with Crippen LogP contribution < -0.4 is 10.4 Å². The molecule has 5 heteroatoms. The molecule has 2 aromatic rings. The number of carboxylic acid groups (broad SMARTS) is 1. The SMILES string of the molecule is O=C(N[C@@H](Cc1ccc(F)cc1)C(=O)[O-])c1ccccc1. The molecular formula is C16H13FNO3-. The molecule has 0 heterocycles. The summed E-state index contributed by atoms with van der Waals surface area (Å²) in [5.41, 5.74) is 0.960. The molecule has 1 atom stereocenters. The first-order valence-corrected chi connectivity index (χ1v) is 6.37. The van der Waals surface area contributed by atoms with Crippen molar-refractivity contribution >= 4 is 11.9 Å². The van der Waals surface area contributed by atoms with Gasteiger partial charge in [-0.3, -0.25) is 4.79 Å². The fraction of sp³-hybridized carbons (Fsp3) is 0.125. The van der Waals surface area contributed by atoms with E-state index in [1.54, 1.807) is 30.3 Å². The first-order valence-electron chi connectivity index (χ1n) is 6.37. The molecule has 0 radical (unpaired) electrons. The van der Waals surface area contributed by atoms with Gasteiger partial charge in [0, 0.05) is 5.56 Å². The van der Waals surface area contributed by atoms with Crippen LogP contribution in [0.5, 0.6) is 0 Å². The molecule has 1 amide bonds. The molecule has 0 aliphatic heterocycles. The van der Waals surface area contributed by atoms with E-state index in [1.807, 2.05) is 0 Å². The van der Waals surface area contributed by atoms with Crippen molar-refractivity contribution in [2.45, 2.75) is 12.5 Å². The highest BCUT2D eigenvalue weighted by molar-refractivity contribution is 5.96. The van der Waals surface area contributed by atoms with Crippen LogP contribution in [0.25, 0.3) is 0 Å². The summed E-state index contributed by atoms with van der Waals surface area (Å²) >= 11 is 0. The molecule has 0 fully saturated rings. The predicted octanol–water partition coefficient (Wildman–Crippen LogP) is 0.917. The summed E-state index contributed by atoms with van der Waals surface area (Å²) in [6.45, 7) is 0. The van der Waals surface area contributed by atoms with Crippen LogP contribution >= 0.6 is 0 Å². The van der Waals surface area contributed by atoms with E-state index in [0.29, 0.717) is 11.1 Å². The predicted molar refractivity (Wildman–Crippen MR) is 72.8 cm³/mol. The van der Waals surface area contributed by atoms with Crippen LogP contribution in [0.15, 0.2) is 54.6 Å². The maximum Gasteiger partial charge on any atom is 0.251 e. The highest BCUT2D eigenvalue weighted by atomic mass is 19.1. The van der Waals surface area contributed by atoms with Gasteiger partial charge in [0.25, 0.3) is 5.91 Å². The minimum atomic E-state index is -1.39. The Balaban J connectivity index is 2.07. The van der Waals surface area contributed by atoms with Gasteiger partial charge in [0.05, 0.1) is 12.0 Å². The third-order valence-electron chi connectivity index (χ3n) is 2.98. The molecule has 1 N–H and O–H groups in total. The van der Waals surface area contributed by atoms with E-state index in [4.69, 9.17) is 0 Å². The Bertz CT molecular complexity index is 626. The number of carbonyl (C=O) groups excluding carboxylic acids is 2. The highest BCUT2D eigenvalue weighted by Crippen LogP contribution is 2.07. The quantitative estimate of drug-likeness (QED) is 0.888. The van der Waals surface area contributed by atoms with Crippen molar-refractivity contribution in [3.8, 4) is 0 Å². The zero-order chi connectivity index (χ0) is 15.2. The molecule has 21 heavy (non-hydrogen) atoms. The van der Waals surface area contributed by atoms with Gasteiger partial charge >= 0.3 is 0 Å². The largest absolute Gasteiger partial charge is 0.548 e. The molecule has 2 aromatic carbocycles. The first-order chi connectivity index (χ1) is 10.1. The molecular weight excluding hydrogens is 273 g/mol. The average Bonchev–Trinajstić information content (AvgIpc) is 2.49. The van der Waals surface area contributed by atoms with Crippen LogP contribution in [0.3, 0.4) is 0 Å². The van der Waals surface area contributed by atoms with Gasteiger partial charge in [-0.2, -0.15) is 0 Å². The molecule has 0 saturated heterocycles. The summed E-state index contributed by atoms with van der Waals surface area (Å²) in [4.78, 5) is 23.1. The summed E-state index contributed by atoms with van der Waals surface area (Å²) < 4.78 is 12.8. The number of aliphatic carboxylic acids is 1. The number of amides is 1. The number of rotatable bonds is 5. The van der Waals surface area contributed by atoms with Gasteiger partial charge < -0.3 is 15.2 Å². The maximum absolute atomic E-state index is 12.8. The van der Waals surface area contributed by atoms with Crippen LogP contribution in [-0.4, -0.2) is 17.9 Å². The van der Waals surface area contributed by atoms with E-state index in [-0.39, 0.29) is 6.42 Å². The summed E-state index contributed by atoms with van der Waals surface area (Å²) in [6, 6.07) is 12.5. The molecule has 2 rings (SSSR count). The third-order valence-corrected chi connectivity index (χ3v) is 2.98. The van der Waals surface area contributed by atoms with Crippen molar-refractivity contribution < 1.29 is 19.1 Å². The number of carbonyl (C=O) groups is 2. The molecule has 0 aliphatic carbocycles. The maximum atomic E-state index is 12.8. The van der Waals surface area contributed by atoms with Gasteiger partial charge in [-0.05, 0) is 36.2 Å². The zero-order valence-electron chi connectivity index (χ0n) is 11.1. The van der Waals surface area contributed by atoms with Crippen molar-refractivity contribution in [3.63, 3.8) is 0 Å². The number of halogens is 1. The second-order valence-electron chi connectivity index (χ2n) is 4.54. The second kappa shape index (κ2) is 6.65. The summed E-state index contributed by atoms with van der Waals surface area (Å²) in [6.07, 6.45) is 0.0290. The topological polar surface area (TPSA) is 69.2 Å². The lowest BCUT2D eigenvalue weighted by atomic mass is 10.1. The number of carboxylic acids is 1. The molecule has 0 saturated carbocycles. The van der Waals surface area contributed by atoms with Crippen LogP contribution in [0.1, 0.15) is 15.9 Å². The van der Waals surface area contributed by atoms with Gasteiger partial charge in [0.2, 0.25) is 0 Å². The number of hydrogen-bond donors (Lipinski definition) is 1. The van der Waals surface area contributed by atoms with Gasteiger partial charge in [-0.1, -0.05) is 30.3 Å². The van der Waals surface area contributed by atoms with Gasteiger partial charge in [-0.25, -0.2) is 4.39 Å². The van der Waals surface area contributed by atoms with E-state index in [2.05, 4.69) is 5.32 Å². The van der Waals surface area contributed by atoms with Gasteiger partial charge in [0.1, 0.15) is 5.82 Å². The zero-order valence-corrected chi connectivity index (χ0v) is 11.1. The average molecular weight is 286 g/mol. The number of hydrogen-bond acceptors (Lipinski definition) is 3. The Morgan fingerprint density at radius 3 is 2.24 bits per heavy atom. The van der Waals surface area contributed by atoms with Crippen LogP contribution in [0, 0.1) is 5.82 Å². The highest BCUT2D eigenvalue weighted by Gasteiger charge is 2.15. The van der Waals surface area contributed by atoms with E-state index < -0.39 is 23.7 Å². The van der Waals surface area contributed by atoms with E-state index >= 15 is 0 Å². The minimum absolute atomic E-state index is 0.0290. The lowest BCUT2D eigenvalue weighted by molar-refractivity contribution is -0.308. The van der Waals surface area contributed by atoms with E-state index in [1.165, 1.54) is 24.3 Å². The Morgan fingerprint density at radius 2 is 1.67 bits per heavy atom. The smallest absolute Gasteiger partial charge is 0.251 e. The lowest BCUT2D eigenvalue weighted by Gasteiger charge is -2.20. The van der Waals surface area contributed by atoms with Crippen molar-refractivity contribution in [1.82, 2.24) is 5.32 Å². The fourth-order valence-electron chi connectivity index (χ4n) is 1.88. The van der Waals surface area contributed by atoms with Gasteiger partial charge in [0.15, 0.2) is 0 Å². The van der Waals surface area contributed by atoms with Crippen LogP contribution in [0.2, 0.25) is 0 Å². The van der Waals surface area contributed by atoms with Crippen molar-refractivity contribution in [2.24, 2.45) is 0 Å². The van der Waals surface area contributed by atoms with Crippen molar-refractivity contribution in [3.05, 3.63) is 71.5 Å². The minimum Gasteiger partial charge on any atom is -0.548 e. The molecule has 0 aliphatic rings. The molecule has 0 bridgehead atoms. The molecule has 4 nitrogen and oxygen atoms in total. The van der Waals surface area contributed by atoms with Crippen LogP contribution in [0.4, 0.5) is 4.39 Å². The van der Waals surface area contributed by atoms with E-state index in [9.17, 15) is 19.1 Å². The lowest BCUT2D eigenvalue weighted by Crippen LogP contribution is -2.49. The van der Waals surface area contributed by atoms with Crippen LogP contribution in [-0.2, 0) is 11.2 Å². The molecule has 0 unspecified atom stereocenters. The van der Waals surface area contributed by atoms with E-state index in [0.717, 1.165) is 0 Å². The second-order valence-corrected chi connectivity index (χ2v) is 4.54. The summed E-state index contributed by atoms with van der Waals surface area (Å²) in [7, 11) is 0. The van der Waals surface area contributed by atoms with Crippen molar-refractivity contribution in [2.75, 3.05) is 0 Å². The van der Waals surface area contributed by atoms with Crippen molar-refractivity contribution in [1.29, 1.82) is 0 Å². The number of benzene rings is 2. The number of nitrogens with one attached hydrogen (secondary N) is 1. The Kier molecular flexibility index (Phi) is 4.66. The normalized spacial score (nSPS) is 11.7. The Morgan fingerprint density at radius 1 is 1.05 bits per heavy atom. The summed E-state index contributed by atoms with van der Waals surface area (Å²) in [5.74, 6) is -2.28. The first kappa shape index (κ1) is 14.7. The Hall–Kier alpha value is -2.69.